The maximum Gasteiger partial charge on any atom is 0.273 e. The lowest BCUT2D eigenvalue weighted by molar-refractivity contribution is -0.385. The molecule has 0 unspecified atom stereocenters. The van der Waals surface area contributed by atoms with Gasteiger partial charge in [0.05, 0.1) is 4.92 Å². The number of halogens is 1. The van der Waals surface area contributed by atoms with Gasteiger partial charge in [0.1, 0.15) is 0 Å². The second-order valence-electron chi connectivity index (χ2n) is 3.45. The molecule has 0 atom stereocenters. The molecule has 0 saturated carbocycles. The normalized spacial score (nSPS) is 10.9. The van der Waals surface area contributed by atoms with E-state index in [9.17, 15) is 10.1 Å². The van der Waals surface area contributed by atoms with Crippen LogP contribution in [0, 0.1) is 20.6 Å². The first-order chi connectivity index (χ1) is 7.02. The summed E-state index contributed by atoms with van der Waals surface area (Å²) in [5.74, 6) is 0. The van der Waals surface area contributed by atoms with Gasteiger partial charge in [-0.2, -0.15) is 0 Å². The fourth-order valence-electron chi connectivity index (χ4n) is 1.78. The Kier molecular flexibility index (Phi) is 2.41. The van der Waals surface area contributed by atoms with Gasteiger partial charge in [-0.05, 0) is 35.6 Å². The minimum atomic E-state index is -0.335. The highest BCUT2D eigenvalue weighted by molar-refractivity contribution is 14.1. The average Bonchev–Trinajstić information content (AvgIpc) is 2.43. The summed E-state index contributed by atoms with van der Waals surface area (Å²) in [6.45, 7) is 1.79. The van der Waals surface area contributed by atoms with Crippen molar-refractivity contribution in [2.45, 2.75) is 6.92 Å². The van der Waals surface area contributed by atoms with Crippen LogP contribution in [0.15, 0.2) is 18.3 Å². The van der Waals surface area contributed by atoms with E-state index in [0.717, 1.165) is 20.0 Å². The smallest absolute Gasteiger partial charge is 0.273 e. The summed E-state index contributed by atoms with van der Waals surface area (Å²) >= 11 is 2.20. The highest BCUT2D eigenvalue weighted by Gasteiger charge is 2.16. The lowest BCUT2D eigenvalue weighted by Gasteiger charge is -2.00. The van der Waals surface area contributed by atoms with E-state index in [1.54, 1.807) is 19.1 Å². The summed E-state index contributed by atoms with van der Waals surface area (Å²) in [5.41, 5.74) is 1.96. The van der Waals surface area contributed by atoms with Gasteiger partial charge < -0.3 is 4.57 Å². The molecule has 0 N–H and O–H groups in total. The molecule has 0 spiro atoms. The van der Waals surface area contributed by atoms with Gasteiger partial charge in [0.25, 0.3) is 5.69 Å². The Morgan fingerprint density at radius 2 is 2.13 bits per heavy atom. The second-order valence-corrected chi connectivity index (χ2v) is 4.61. The van der Waals surface area contributed by atoms with E-state index < -0.39 is 0 Å². The molecule has 0 saturated heterocycles. The molecule has 0 amide bonds. The zero-order chi connectivity index (χ0) is 11.2. The number of nitro groups is 1. The molecule has 1 aromatic heterocycles. The zero-order valence-corrected chi connectivity index (χ0v) is 10.5. The number of rotatable bonds is 1. The number of aromatic nitrogens is 1. The summed E-state index contributed by atoms with van der Waals surface area (Å²) in [6, 6.07) is 3.36. The van der Waals surface area contributed by atoms with Crippen LogP contribution in [0.2, 0.25) is 0 Å². The van der Waals surface area contributed by atoms with Gasteiger partial charge >= 0.3 is 0 Å². The van der Waals surface area contributed by atoms with E-state index in [4.69, 9.17) is 0 Å². The Bertz CT molecular complexity index is 560. The van der Waals surface area contributed by atoms with Crippen molar-refractivity contribution in [3.05, 3.63) is 37.6 Å². The van der Waals surface area contributed by atoms with Gasteiger partial charge in [0.15, 0.2) is 0 Å². The molecule has 4 nitrogen and oxygen atoms in total. The van der Waals surface area contributed by atoms with Crippen LogP contribution in [0.3, 0.4) is 0 Å². The summed E-state index contributed by atoms with van der Waals surface area (Å²) in [7, 11) is 1.94. The molecule has 1 heterocycles. The zero-order valence-electron chi connectivity index (χ0n) is 8.32. The summed E-state index contributed by atoms with van der Waals surface area (Å²) in [4.78, 5) is 10.4. The van der Waals surface area contributed by atoms with Crippen molar-refractivity contribution >= 4 is 39.2 Å². The molecule has 0 fully saturated rings. The molecular weight excluding hydrogens is 307 g/mol. The standard InChI is InChI=1S/C10H9IN2O2/c1-6-8(13(14)15)3-4-9-10(6)7(11)5-12(9)2/h3-5H,1-2H3. The highest BCUT2D eigenvalue weighted by Crippen LogP contribution is 2.31. The van der Waals surface area contributed by atoms with Crippen LogP contribution in [0.1, 0.15) is 5.56 Å². The van der Waals surface area contributed by atoms with Gasteiger partial charge in [-0.25, -0.2) is 0 Å². The van der Waals surface area contributed by atoms with Gasteiger partial charge in [-0.15, -0.1) is 0 Å². The largest absolute Gasteiger partial charge is 0.349 e. The number of aryl methyl sites for hydroxylation is 2. The van der Waals surface area contributed by atoms with Crippen molar-refractivity contribution in [3.8, 4) is 0 Å². The van der Waals surface area contributed by atoms with Crippen molar-refractivity contribution in [1.29, 1.82) is 0 Å². The van der Waals surface area contributed by atoms with Crippen molar-refractivity contribution in [1.82, 2.24) is 4.57 Å². The number of nitro benzene ring substituents is 1. The topological polar surface area (TPSA) is 48.1 Å². The maximum atomic E-state index is 10.8. The van der Waals surface area contributed by atoms with E-state index in [0.29, 0.717) is 0 Å². The predicted molar refractivity (Wildman–Crippen MR) is 67.0 cm³/mol. The quantitative estimate of drug-likeness (QED) is 0.461. The Balaban J connectivity index is 2.89. The van der Waals surface area contributed by atoms with E-state index in [2.05, 4.69) is 22.6 Å². The van der Waals surface area contributed by atoms with Crippen molar-refractivity contribution in [2.75, 3.05) is 0 Å². The molecule has 15 heavy (non-hydrogen) atoms. The third kappa shape index (κ3) is 1.50. The maximum absolute atomic E-state index is 10.8. The van der Waals surface area contributed by atoms with E-state index in [1.165, 1.54) is 0 Å². The van der Waals surface area contributed by atoms with Crippen LogP contribution < -0.4 is 0 Å². The molecule has 2 aromatic rings. The van der Waals surface area contributed by atoms with Crippen LogP contribution in [0.4, 0.5) is 5.69 Å². The molecule has 2 rings (SSSR count). The number of fused-ring (bicyclic) bond motifs is 1. The van der Waals surface area contributed by atoms with E-state index >= 15 is 0 Å². The fraction of sp³-hybridized carbons (Fsp3) is 0.200. The summed E-state index contributed by atoms with van der Waals surface area (Å²) in [6.07, 6.45) is 1.97. The Labute approximate surface area is 100 Å². The molecule has 1 aromatic carbocycles. The van der Waals surface area contributed by atoms with Crippen LogP contribution in [-0.2, 0) is 7.05 Å². The number of nitrogens with zero attached hydrogens (tertiary/aromatic N) is 2. The van der Waals surface area contributed by atoms with E-state index in [-0.39, 0.29) is 10.6 Å². The van der Waals surface area contributed by atoms with Gasteiger partial charge in [-0.1, -0.05) is 0 Å². The van der Waals surface area contributed by atoms with E-state index in [1.807, 2.05) is 17.8 Å². The first kappa shape index (κ1) is 10.4. The lowest BCUT2D eigenvalue weighted by atomic mass is 10.1. The fourth-order valence-corrected chi connectivity index (χ4v) is 2.88. The lowest BCUT2D eigenvalue weighted by Crippen LogP contribution is -1.93. The Hall–Kier alpha value is -1.11. The molecule has 0 aliphatic heterocycles. The molecule has 0 radical (unpaired) electrons. The molecule has 0 aliphatic carbocycles. The molecule has 0 aliphatic rings. The SMILES string of the molecule is Cc1c([N+](=O)[O-])ccc2c1c(I)cn2C. The first-order valence-corrected chi connectivity index (χ1v) is 5.48. The van der Waals surface area contributed by atoms with Crippen molar-refractivity contribution in [2.24, 2.45) is 7.05 Å². The second kappa shape index (κ2) is 3.48. The van der Waals surface area contributed by atoms with Crippen LogP contribution in [0.25, 0.3) is 10.9 Å². The van der Waals surface area contributed by atoms with Crippen molar-refractivity contribution in [3.63, 3.8) is 0 Å². The van der Waals surface area contributed by atoms with Crippen LogP contribution >= 0.6 is 22.6 Å². The molecule has 0 bridgehead atoms. The number of benzene rings is 1. The highest BCUT2D eigenvalue weighted by atomic mass is 127. The van der Waals surface area contributed by atoms with Gasteiger partial charge in [0.2, 0.25) is 0 Å². The number of hydrogen-bond donors (Lipinski definition) is 0. The number of hydrogen-bond acceptors (Lipinski definition) is 2. The summed E-state index contributed by atoms with van der Waals surface area (Å²) < 4.78 is 3.03. The van der Waals surface area contributed by atoms with Crippen LogP contribution in [0.5, 0.6) is 0 Å². The first-order valence-electron chi connectivity index (χ1n) is 4.41. The molecular formula is C10H9IN2O2. The molecule has 78 valence electrons. The third-order valence-electron chi connectivity index (χ3n) is 2.54. The Morgan fingerprint density at radius 3 is 2.73 bits per heavy atom. The molecule has 5 heteroatoms. The third-order valence-corrected chi connectivity index (χ3v) is 3.35. The minimum Gasteiger partial charge on any atom is -0.349 e. The van der Waals surface area contributed by atoms with Crippen molar-refractivity contribution < 1.29 is 4.92 Å². The average molecular weight is 316 g/mol. The minimum absolute atomic E-state index is 0.187. The monoisotopic (exact) mass is 316 g/mol. The van der Waals surface area contributed by atoms with Gasteiger partial charge in [0, 0.05) is 39.3 Å². The predicted octanol–water partition coefficient (Wildman–Crippen LogP) is 3.00. The van der Waals surface area contributed by atoms with Gasteiger partial charge in [-0.3, -0.25) is 10.1 Å². The Morgan fingerprint density at radius 1 is 1.47 bits per heavy atom. The van der Waals surface area contributed by atoms with Crippen LogP contribution in [-0.4, -0.2) is 9.49 Å². The summed E-state index contributed by atoms with van der Waals surface area (Å²) in [5, 5.41) is 11.8.